The number of fused-ring (bicyclic) bond motifs is 1. The first-order valence-electron chi connectivity index (χ1n) is 9.94. The molecule has 0 bridgehead atoms. The molecule has 4 aromatic heterocycles. The molecule has 2 unspecified atom stereocenters. The van der Waals surface area contributed by atoms with Gasteiger partial charge in [0.05, 0.1) is 6.26 Å². The molecular weight excluding hydrogens is 439 g/mol. The average Bonchev–Trinajstić information content (AvgIpc) is 3.47. The zero-order valence-corrected chi connectivity index (χ0v) is 17.9. The normalized spacial score (nSPS) is 17.3. The van der Waals surface area contributed by atoms with Gasteiger partial charge in [0.15, 0.2) is 11.4 Å². The van der Waals surface area contributed by atoms with Gasteiger partial charge in [0, 0.05) is 18.2 Å². The second kappa shape index (κ2) is 8.33. The molecule has 11 heteroatoms. The van der Waals surface area contributed by atoms with Gasteiger partial charge in [0.25, 0.3) is 0 Å². The van der Waals surface area contributed by atoms with Crippen LogP contribution < -0.4 is 16.4 Å². The number of nitrogens with one attached hydrogen (secondary N) is 2. The molecule has 31 heavy (non-hydrogen) atoms. The number of nitrogens with zero attached hydrogens (tertiary/aromatic N) is 5. The largest absolute Gasteiger partial charge is 0.461 e. The number of hydrogen-bond donors (Lipinski definition) is 3. The second-order valence-corrected chi connectivity index (χ2v) is 8.24. The number of furan rings is 1. The van der Waals surface area contributed by atoms with Crippen LogP contribution >= 0.6 is 23.2 Å². The molecule has 1 saturated heterocycles. The summed E-state index contributed by atoms with van der Waals surface area (Å²) in [4.78, 5) is 13.1. The average molecular weight is 459 g/mol. The summed E-state index contributed by atoms with van der Waals surface area (Å²) in [6.07, 6.45) is 4.38. The maximum absolute atomic E-state index is 6.11. The van der Waals surface area contributed by atoms with E-state index in [-0.39, 0.29) is 12.1 Å². The van der Waals surface area contributed by atoms with Crippen molar-refractivity contribution in [3.8, 4) is 11.6 Å². The monoisotopic (exact) mass is 458 g/mol. The molecule has 0 saturated carbocycles. The van der Waals surface area contributed by atoms with Gasteiger partial charge in [-0.25, -0.2) is 9.97 Å². The molecule has 5 heterocycles. The first kappa shape index (κ1) is 20.0. The minimum atomic E-state index is -0.00852. The Hall–Kier alpha value is -2.88. The van der Waals surface area contributed by atoms with Crippen LogP contribution in [-0.2, 0) is 6.42 Å². The van der Waals surface area contributed by atoms with Crippen molar-refractivity contribution < 1.29 is 4.42 Å². The Kier molecular flexibility index (Phi) is 5.39. The summed E-state index contributed by atoms with van der Waals surface area (Å²) < 4.78 is 7.07. The quantitative estimate of drug-likeness (QED) is 0.375. The molecule has 2 atom stereocenters. The van der Waals surface area contributed by atoms with Crippen molar-refractivity contribution in [3.05, 3.63) is 52.5 Å². The van der Waals surface area contributed by atoms with E-state index in [1.54, 1.807) is 29.0 Å². The Morgan fingerprint density at radius 3 is 2.77 bits per heavy atom. The van der Waals surface area contributed by atoms with Crippen LogP contribution in [0, 0.1) is 0 Å². The number of halogens is 2. The number of rotatable bonds is 6. The van der Waals surface area contributed by atoms with Gasteiger partial charge >= 0.3 is 0 Å². The molecule has 0 spiro atoms. The Morgan fingerprint density at radius 1 is 1.23 bits per heavy atom. The van der Waals surface area contributed by atoms with Crippen LogP contribution in [0.1, 0.15) is 18.4 Å². The lowest BCUT2D eigenvalue weighted by Gasteiger charge is -2.26. The van der Waals surface area contributed by atoms with Gasteiger partial charge in [-0.2, -0.15) is 9.50 Å². The zero-order valence-electron chi connectivity index (χ0n) is 16.4. The fraction of sp³-hybridized carbons (Fsp3) is 0.300. The van der Waals surface area contributed by atoms with Gasteiger partial charge in [-0.1, -0.05) is 23.2 Å². The molecule has 1 fully saturated rings. The lowest BCUT2D eigenvalue weighted by molar-refractivity contribution is 0.503. The number of nitrogens with two attached hydrogens (primary N) is 1. The fourth-order valence-electron chi connectivity index (χ4n) is 3.91. The fourth-order valence-corrected chi connectivity index (χ4v) is 4.42. The summed E-state index contributed by atoms with van der Waals surface area (Å²) in [5.41, 5.74) is 7.62. The van der Waals surface area contributed by atoms with Crippen molar-refractivity contribution in [2.24, 2.45) is 0 Å². The van der Waals surface area contributed by atoms with Gasteiger partial charge in [-0.05, 0) is 55.6 Å². The molecule has 1 aliphatic rings. The van der Waals surface area contributed by atoms with Gasteiger partial charge in [-0.15, -0.1) is 5.10 Å². The summed E-state index contributed by atoms with van der Waals surface area (Å²) in [5.74, 6) is 1.89. The summed E-state index contributed by atoms with van der Waals surface area (Å²) >= 11 is 12.2. The third kappa shape index (κ3) is 4.30. The summed E-state index contributed by atoms with van der Waals surface area (Å²) in [5, 5.41) is 12.4. The van der Waals surface area contributed by atoms with E-state index >= 15 is 0 Å². The number of pyridine rings is 1. The van der Waals surface area contributed by atoms with Crippen LogP contribution in [0.4, 0.5) is 11.8 Å². The molecule has 0 aromatic carbocycles. The van der Waals surface area contributed by atoms with Gasteiger partial charge < -0.3 is 20.8 Å². The van der Waals surface area contributed by atoms with Crippen LogP contribution in [0.3, 0.4) is 0 Å². The van der Waals surface area contributed by atoms with Crippen molar-refractivity contribution in [2.45, 2.75) is 31.3 Å². The number of aromatic nitrogens is 5. The number of nitrogen functional groups attached to an aromatic ring is 1. The van der Waals surface area contributed by atoms with E-state index < -0.39 is 0 Å². The molecule has 0 amide bonds. The van der Waals surface area contributed by atoms with E-state index in [1.807, 2.05) is 12.1 Å². The second-order valence-electron chi connectivity index (χ2n) is 7.47. The van der Waals surface area contributed by atoms with E-state index in [2.05, 4.69) is 30.7 Å². The Bertz CT molecular complexity index is 1180. The third-order valence-electron chi connectivity index (χ3n) is 5.26. The highest BCUT2D eigenvalue weighted by Crippen LogP contribution is 2.24. The zero-order chi connectivity index (χ0) is 21.4. The molecule has 4 aromatic rings. The molecule has 1 aliphatic heterocycles. The molecule has 4 N–H and O–H groups in total. The smallest absolute Gasteiger partial charge is 0.228 e. The van der Waals surface area contributed by atoms with Crippen LogP contribution in [0.25, 0.3) is 17.2 Å². The van der Waals surface area contributed by atoms with Gasteiger partial charge in [-0.3, -0.25) is 0 Å². The summed E-state index contributed by atoms with van der Waals surface area (Å²) in [7, 11) is 0. The summed E-state index contributed by atoms with van der Waals surface area (Å²) in [6.45, 7) is 0.965. The molecule has 160 valence electrons. The minimum absolute atomic E-state index is 0.00852. The number of anilines is 2. The maximum atomic E-state index is 6.11. The van der Waals surface area contributed by atoms with Crippen molar-refractivity contribution >= 4 is 40.6 Å². The van der Waals surface area contributed by atoms with Crippen LogP contribution in [0.5, 0.6) is 0 Å². The Labute approximate surface area is 188 Å². The van der Waals surface area contributed by atoms with E-state index in [0.717, 1.165) is 24.9 Å². The Morgan fingerprint density at radius 2 is 2.06 bits per heavy atom. The molecule has 9 nitrogen and oxygen atoms in total. The van der Waals surface area contributed by atoms with Crippen molar-refractivity contribution in [2.75, 3.05) is 17.6 Å². The predicted octanol–water partition coefficient (Wildman–Crippen LogP) is 3.44. The predicted molar refractivity (Wildman–Crippen MR) is 119 cm³/mol. The van der Waals surface area contributed by atoms with E-state index in [0.29, 0.717) is 45.7 Å². The highest BCUT2D eigenvalue weighted by atomic mass is 35.5. The summed E-state index contributed by atoms with van der Waals surface area (Å²) in [6, 6.07) is 9.15. The Balaban J connectivity index is 1.50. The van der Waals surface area contributed by atoms with E-state index in [1.165, 1.54) is 0 Å². The van der Waals surface area contributed by atoms with Crippen molar-refractivity contribution in [1.29, 1.82) is 0 Å². The first-order valence-corrected chi connectivity index (χ1v) is 10.7. The molecule has 5 rings (SSSR count). The maximum Gasteiger partial charge on any atom is 0.228 e. The van der Waals surface area contributed by atoms with Crippen LogP contribution in [-0.4, -0.2) is 43.2 Å². The van der Waals surface area contributed by atoms with Crippen LogP contribution in [0.15, 0.2) is 41.0 Å². The molecular formula is C20H20Cl2N8O. The number of hydrogen-bond acceptors (Lipinski definition) is 8. The van der Waals surface area contributed by atoms with Gasteiger partial charge in [0.2, 0.25) is 11.8 Å². The lowest BCUT2D eigenvalue weighted by atomic mass is 9.99. The molecule has 0 radical (unpaired) electrons. The molecule has 0 aliphatic carbocycles. The lowest BCUT2D eigenvalue weighted by Crippen LogP contribution is -2.42. The van der Waals surface area contributed by atoms with E-state index in [4.69, 9.17) is 33.4 Å². The highest BCUT2D eigenvalue weighted by Gasteiger charge is 2.27. The third-order valence-corrected chi connectivity index (χ3v) is 5.65. The van der Waals surface area contributed by atoms with Crippen molar-refractivity contribution in [1.82, 2.24) is 29.9 Å². The first-order chi connectivity index (χ1) is 15.0. The topological polar surface area (TPSA) is 119 Å². The van der Waals surface area contributed by atoms with Crippen LogP contribution in [0.2, 0.25) is 10.3 Å². The van der Waals surface area contributed by atoms with Gasteiger partial charge in [0.1, 0.15) is 16.1 Å². The standard InChI is InChI=1S/C20H20Cl2N8O/c21-15-8-11(9-16(22)26-15)7-13(12-3-1-5-24-12)25-20-27-17(23)10-18-28-19(29-30(18)20)14-4-2-6-31-14/h2,4,6,8-10,12-13,24H,1,3,5,7,23H2,(H,25,27). The highest BCUT2D eigenvalue weighted by molar-refractivity contribution is 6.32. The van der Waals surface area contributed by atoms with Crippen molar-refractivity contribution in [3.63, 3.8) is 0 Å². The van der Waals surface area contributed by atoms with E-state index in [9.17, 15) is 0 Å². The SMILES string of the molecule is Nc1cc2nc(-c3ccco3)nn2c(NC(Cc2cc(Cl)nc(Cl)c2)C2CCCN2)n1. The minimum Gasteiger partial charge on any atom is -0.461 e.